The highest BCUT2D eigenvalue weighted by atomic mass is 35.5. The first-order valence-corrected chi connectivity index (χ1v) is 5.63. The number of ether oxygens (including phenoxy) is 1. The number of alkyl halides is 3. The maximum absolute atomic E-state index is 12.4. The summed E-state index contributed by atoms with van der Waals surface area (Å²) < 4.78 is 42.6. The standard InChI is InChI=1S/C13H8ClF3NO/c1-8-3-2-4-10(5-8)19-12-11(14)6-9(7-18-12)13(15,16)17/h2,4-7H,1H3. The Bertz CT molecular complexity index is 599. The molecule has 0 aliphatic rings. The van der Waals surface area contributed by atoms with E-state index in [1.807, 2.05) is 6.92 Å². The summed E-state index contributed by atoms with van der Waals surface area (Å²) in [7, 11) is 0. The van der Waals surface area contributed by atoms with E-state index < -0.39 is 11.7 Å². The highest BCUT2D eigenvalue weighted by molar-refractivity contribution is 6.31. The number of halogens is 4. The fraction of sp³-hybridized carbons (Fsp3) is 0.154. The van der Waals surface area contributed by atoms with Crippen molar-refractivity contribution < 1.29 is 17.9 Å². The van der Waals surface area contributed by atoms with E-state index in [0.717, 1.165) is 11.6 Å². The Kier molecular flexibility index (Phi) is 3.66. The number of aromatic nitrogens is 1. The van der Waals surface area contributed by atoms with Gasteiger partial charge in [-0.3, -0.25) is 0 Å². The molecular formula is C13H8ClF3NO. The highest BCUT2D eigenvalue weighted by Crippen LogP contribution is 2.34. The number of nitrogens with zero attached hydrogens (tertiary/aromatic N) is 1. The molecule has 1 radical (unpaired) electrons. The van der Waals surface area contributed by atoms with E-state index in [4.69, 9.17) is 16.3 Å². The summed E-state index contributed by atoms with van der Waals surface area (Å²) in [5.41, 5.74) is -0.0806. The lowest BCUT2D eigenvalue weighted by molar-refractivity contribution is -0.137. The van der Waals surface area contributed by atoms with Crippen molar-refractivity contribution in [2.45, 2.75) is 13.1 Å². The molecule has 6 heteroatoms. The molecule has 0 aliphatic heterocycles. The Morgan fingerprint density at radius 2 is 2.05 bits per heavy atom. The van der Waals surface area contributed by atoms with Gasteiger partial charge in [-0.05, 0) is 36.8 Å². The van der Waals surface area contributed by atoms with Gasteiger partial charge in [-0.2, -0.15) is 13.2 Å². The Morgan fingerprint density at radius 3 is 2.63 bits per heavy atom. The molecule has 2 nitrogen and oxygen atoms in total. The topological polar surface area (TPSA) is 22.1 Å². The van der Waals surface area contributed by atoms with Crippen LogP contribution in [-0.4, -0.2) is 4.98 Å². The molecule has 0 N–H and O–H groups in total. The molecule has 19 heavy (non-hydrogen) atoms. The Morgan fingerprint density at radius 1 is 1.32 bits per heavy atom. The number of hydrogen-bond donors (Lipinski definition) is 0. The number of aryl methyl sites for hydroxylation is 1. The predicted octanol–water partition coefficient (Wildman–Crippen LogP) is 4.65. The lowest BCUT2D eigenvalue weighted by atomic mass is 10.2. The van der Waals surface area contributed by atoms with E-state index >= 15 is 0 Å². The SMILES string of the molecule is Cc1[c]ccc(Oc2ncc(C(F)(F)F)cc2Cl)c1. The summed E-state index contributed by atoms with van der Waals surface area (Å²) in [6.45, 7) is 1.81. The summed E-state index contributed by atoms with van der Waals surface area (Å²) >= 11 is 5.73. The Balaban J connectivity index is 2.27. The molecule has 1 aromatic heterocycles. The first-order chi connectivity index (χ1) is 8.86. The van der Waals surface area contributed by atoms with Crippen LogP contribution >= 0.6 is 11.6 Å². The van der Waals surface area contributed by atoms with Crippen LogP contribution in [-0.2, 0) is 6.18 Å². The van der Waals surface area contributed by atoms with Crippen molar-refractivity contribution in [1.29, 1.82) is 0 Å². The van der Waals surface area contributed by atoms with Crippen LogP contribution in [0.2, 0.25) is 5.02 Å². The van der Waals surface area contributed by atoms with Crippen LogP contribution < -0.4 is 4.74 Å². The maximum Gasteiger partial charge on any atom is 0.417 e. The summed E-state index contributed by atoms with van der Waals surface area (Å²) in [6.07, 6.45) is -3.80. The van der Waals surface area contributed by atoms with Crippen molar-refractivity contribution in [3.8, 4) is 11.6 Å². The number of rotatable bonds is 2. The van der Waals surface area contributed by atoms with Gasteiger partial charge in [-0.15, -0.1) is 0 Å². The number of pyridine rings is 1. The molecule has 0 unspecified atom stereocenters. The van der Waals surface area contributed by atoms with E-state index in [9.17, 15) is 13.2 Å². The Hall–Kier alpha value is -1.75. The molecule has 0 saturated carbocycles. The molecule has 2 rings (SSSR count). The minimum Gasteiger partial charge on any atom is -0.438 e. The van der Waals surface area contributed by atoms with Gasteiger partial charge in [0, 0.05) is 6.20 Å². The van der Waals surface area contributed by atoms with Crippen LogP contribution in [0, 0.1) is 13.0 Å². The second-order valence-electron chi connectivity index (χ2n) is 3.82. The lowest BCUT2D eigenvalue weighted by Crippen LogP contribution is -2.05. The van der Waals surface area contributed by atoms with E-state index in [1.54, 1.807) is 18.2 Å². The van der Waals surface area contributed by atoms with E-state index in [2.05, 4.69) is 11.1 Å². The zero-order chi connectivity index (χ0) is 14.0. The van der Waals surface area contributed by atoms with Crippen LogP contribution in [0.25, 0.3) is 0 Å². The zero-order valence-electron chi connectivity index (χ0n) is 9.75. The van der Waals surface area contributed by atoms with Crippen molar-refractivity contribution in [3.05, 3.63) is 52.7 Å². The van der Waals surface area contributed by atoms with Gasteiger partial charge in [-0.1, -0.05) is 17.7 Å². The monoisotopic (exact) mass is 286 g/mol. The average Bonchev–Trinajstić information content (AvgIpc) is 2.30. The molecule has 99 valence electrons. The smallest absolute Gasteiger partial charge is 0.417 e. The van der Waals surface area contributed by atoms with Gasteiger partial charge in [0.15, 0.2) is 0 Å². The zero-order valence-corrected chi connectivity index (χ0v) is 10.5. The van der Waals surface area contributed by atoms with Crippen molar-refractivity contribution in [2.75, 3.05) is 0 Å². The van der Waals surface area contributed by atoms with Gasteiger partial charge in [-0.25, -0.2) is 4.98 Å². The Labute approximate surface area is 112 Å². The quantitative estimate of drug-likeness (QED) is 0.801. The predicted molar refractivity (Wildman–Crippen MR) is 64.3 cm³/mol. The van der Waals surface area contributed by atoms with Gasteiger partial charge in [0.05, 0.1) is 5.56 Å². The maximum atomic E-state index is 12.4. The van der Waals surface area contributed by atoms with Crippen molar-refractivity contribution in [1.82, 2.24) is 4.98 Å². The summed E-state index contributed by atoms with van der Waals surface area (Å²) in [4.78, 5) is 3.59. The summed E-state index contributed by atoms with van der Waals surface area (Å²) in [5, 5.41) is -0.194. The van der Waals surface area contributed by atoms with Crippen molar-refractivity contribution in [2.24, 2.45) is 0 Å². The first-order valence-electron chi connectivity index (χ1n) is 5.25. The van der Waals surface area contributed by atoms with Crippen LogP contribution in [0.15, 0.2) is 30.5 Å². The largest absolute Gasteiger partial charge is 0.438 e. The normalized spacial score (nSPS) is 11.4. The summed E-state index contributed by atoms with van der Waals surface area (Å²) in [6, 6.07) is 8.63. The van der Waals surface area contributed by atoms with Gasteiger partial charge in [0.2, 0.25) is 5.88 Å². The third kappa shape index (κ3) is 3.38. The van der Waals surface area contributed by atoms with Crippen LogP contribution in [0.3, 0.4) is 0 Å². The van der Waals surface area contributed by atoms with E-state index in [-0.39, 0.29) is 10.9 Å². The minimum atomic E-state index is -4.48. The van der Waals surface area contributed by atoms with Crippen molar-refractivity contribution in [3.63, 3.8) is 0 Å². The van der Waals surface area contributed by atoms with Gasteiger partial charge >= 0.3 is 6.18 Å². The third-order valence-electron chi connectivity index (χ3n) is 2.27. The van der Waals surface area contributed by atoms with Gasteiger partial charge in [0.25, 0.3) is 0 Å². The van der Waals surface area contributed by atoms with Gasteiger partial charge in [0.1, 0.15) is 10.8 Å². The molecule has 0 aliphatic carbocycles. The van der Waals surface area contributed by atoms with Crippen LogP contribution in [0.5, 0.6) is 11.6 Å². The average molecular weight is 287 g/mol. The molecule has 0 spiro atoms. The molecule has 0 saturated heterocycles. The fourth-order valence-electron chi connectivity index (χ4n) is 1.39. The fourth-order valence-corrected chi connectivity index (χ4v) is 1.59. The molecule has 0 amide bonds. The molecule has 1 aromatic carbocycles. The minimum absolute atomic E-state index is 0.0692. The number of benzene rings is 1. The molecule has 0 atom stereocenters. The van der Waals surface area contributed by atoms with E-state index in [0.29, 0.717) is 11.9 Å². The molecule has 0 fully saturated rings. The van der Waals surface area contributed by atoms with Gasteiger partial charge < -0.3 is 4.74 Å². The first kappa shape index (κ1) is 13.7. The molecule has 0 bridgehead atoms. The van der Waals surface area contributed by atoms with Crippen LogP contribution in [0.4, 0.5) is 13.2 Å². The summed E-state index contributed by atoms with van der Waals surface area (Å²) in [5.74, 6) is 0.366. The second kappa shape index (κ2) is 5.09. The van der Waals surface area contributed by atoms with Crippen LogP contribution in [0.1, 0.15) is 11.1 Å². The third-order valence-corrected chi connectivity index (χ3v) is 2.54. The highest BCUT2D eigenvalue weighted by Gasteiger charge is 2.31. The lowest BCUT2D eigenvalue weighted by Gasteiger charge is -2.10. The molecule has 2 aromatic rings. The second-order valence-corrected chi connectivity index (χ2v) is 4.23. The van der Waals surface area contributed by atoms with Crippen molar-refractivity contribution >= 4 is 11.6 Å². The van der Waals surface area contributed by atoms with E-state index in [1.165, 1.54) is 0 Å². The molecule has 1 heterocycles. The molecular weight excluding hydrogens is 279 g/mol. The number of hydrogen-bond acceptors (Lipinski definition) is 2.